The number of hydrogen-bond donors (Lipinski definition) is 1. The third-order valence-electron chi connectivity index (χ3n) is 2.33. The van der Waals surface area contributed by atoms with Gasteiger partial charge in [0.2, 0.25) is 0 Å². The summed E-state index contributed by atoms with van der Waals surface area (Å²) < 4.78 is 0. The molecule has 1 aromatic carbocycles. The highest BCUT2D eigenvalue weighted by Crippen LogP contribution is 2.14. The molecule has 0 saturated carbocycles. The predicted octanol–water partition coefficient (Wildman–Crippen LogP) is 3.54. The molecule has 0 radical (unpaired) electrons. The van der Waals surface area contributed by atoms with Crippen molar-refractivity contribution in [2.45, 2.75) is 33.2 Å². The van der Waals surface area contributed by atoms with Crippen LogP contribution in [-0.4, -0.2) is 6.54 Å². The second kappa shape index (κ2) is 6.05. The summed E-state index contributed by atoms with van der Waals surface area (Å²) in [5.41, 5.74) is 2.60. The number of halogens is 1. The van der Waals surface area contributed by atoms with Crippen LogP contribution in [0.1, 0.15) is 30.9 Å². The zero-order valence-electron chi connectivity index (χ0n) is 8.94. The Balaban J connectivity index is 2.45. The molecule has 0 aliphatic carbocycles. The molecule has 0 saturated heterocycles. The molecule has 0 aromatic heterocycles. The number of hydrogen-bond acceptors (Lipinski definition) is 1. The molecule has 1 N–H and O–H groups in total. The third-order valence-corrected chi connectivity index (χ3v) is 2.57. The van der Waals surface area contributed by atoms with Crippen molar-refractivity contribution < 1.29 is 0 Å². The van der Waals surface area contributed by atoms with E-state index in [4.69, 9.17) is 11.6 Å². The summed E-state index contributed by atoms with van der Waals surface area (Å²) in [6.07, 6.45) is 2.47. The lowest BCUT2D eigenvalue weighted by Crippen LogP contribution is -2.15. The van der Waals surface area contributed by atoms with Gasteiger partial charge in [-0.1, -0.05) is 31.0 Å². The molecular weight excluding hydrogens is 194 g/mol. The second-order valence-electron chi connectivity index (χ2n) is 3.60. The van der Waals surface area contributed by atoms with E-state index in [-0.39, 0.29) is 0 Å². The lowest BCUT2D eigenvalue weighted by molar-refractivity contribution is 0.640. The van der Waals surface area contributed by atoms with Gasteiger partial charge in [0.25, 0.3) is 0 Å². The smallest absolute Gasteiger partial charge is 0.0409 e. The predicted molar refractivity (Wildman–Crippen MR) is 62.8 cm³/mol. The fraction of sp³-hybridized carbons (Fsp3) is 0.500. The number of aryl methyl sites for hydroxylation is 1. The van der Waals surface area contributed by atoms with Gasteiger partial charge in [0.1, 0.15) is 0 Å². The van der Waals surface area contributed by atoms with Crippen molar-refractivity contribution in [3.63, 3.8) is 0 Å². The zero-order valence-corrected chi connectivity index (χ0v) is 9.69. The molecule has 0 heterocycles. The van der Waals surface area contributed by atoms with E-state index < -0.39 is 0 Å². The molecular formula is C12H18ClN. The lowest BCUT2D eigenvalue weighted by Gasteiger charge is -2.07. The standard InChI is InChI=1S/C12H18ClN/c1-3-4-7-14-9-11-8-12(13)6-5-10(11)2/h5-6,8,14H,3-4,7,9H2,1-2H3. The molecule has 0 amide bonds. The monoisotopic (exact) mass is 211 g/mol. The second-order valence-corrected chi connectivity index (χ2v) is 4.04. The first kappa shape index (κ1) is 11.5. The van der Waals surface area contributed by atoms with E-state index in [9.17, 15) is 0 Å². The Morgan fingerprint density at radius 1 is 1.36 bits per heavy atom. The molecule has 14 heavy (non-hydrogen) atoms. The van der Waals surface area contributed by atoms with Gasteiger partial charge in [-0.15, -0.1) is 0 Å². The molecule has 0 unspecified atom stereocenters. The minimum atomic E-state index is 0.822. The van der Waals surface area contributed by atoms with Crippen LogP contribution in [0, 0.1) is 6.92 Å². The minimum absolute atomic E-state index is 0.822. The Kier molecular flexibility index (Phi) is 4.99. The van der Waals surface area contributed by atoms with E-state index in [1.807, 2.05) is 12.1 Å². The molecule has 0 fully saturated rings. The van der Waals surface area contributed by atoms with E-state index in [1.54, 1.807) is 0 Å². The normalized spacial score (nSPS) is 10.5. The van der Waals surface area contributed by atoms with E-state index in [1.165, 1.54) is 24.0 Å². The maximum Gasteiger partial charge on any atom is 0.0409 e. The average molecular weight is 212 g/mol. The maximum atomic E-state index is 5.93. The van der Waals surface area contributed by atoms with Gasteiger partial charge < -0.3 is 5.32 Å². The molecule has 0 atom stereocenters. The van der Waals surface area contributed by atoms with Crippen LogP contribution in [0.3, 0.4) is 0 Å². The summed E-state index contributed by atoms with van der Waals surface area (Å²) in [7, 11) is 0. The third kappa shape index (κ3) is 3.69. The first-order valence-corrected chi connectivity index (χ1v) is 5.57. The first-order chi connectivity index (χ1) is 6.74. The summed E-state index contributed by atoms with van der Waals surface area (Å²) >= 11 is 5.93. The summed E-state index contributed by atoms with van der Waals surface area (Å²) in [6.45, 7) is 6.33. The van der Waals surface area contributed by atoms with Crippen molar-refractivity contribution >= 4 is 11.6 Å². The number of unbranched alkanes of at least 4 members (excludes halogenated alkanes) is 1. The average Bonchev–Trinajstić information content (AvgIpc) is 2.18. The van der Waals surface area contributed by atoms with Gasteiger partial charge in [-0.05, 0) is 43.1 Å². The fourth-order valence-corrected chi connectivity index (χ4v) is 1.55. The van der Waals surface area contributed by atoms with Gasteiger partial charge in [0.15, 0.2) is 0 Å². The Bertz CT molecular complexity index is 284. The van der Waals surface area contributed by atoms with Crippen LogP contribution < -0.4 is 5.32 Å². The number of benzene rings is 1. The molecule has 0 aliphatic heterocycles. The molecule has 1 rings (SSSR count). The van der Waals surface area contributed by atoms with Crippen molar-refractivity contribution in [3.05, 3.63) is 34.3 Å². The summed E-state index contributed by atoms with van der Waals surface area (Å²) in [5.74, 6) is 0. The van der Waals surface area contributed by atoms with Crippen LogP contribution in [0.4, 0.5) is 0 Å². The molecule has 1 nitrogen and oxygen atoms in total. The number of rotatable bonds is 5. The summed E-state index contributed by atoms with van der Waals surface area (Å²) in [4.78, 5) is 0. The van der Waals surface area contributed by atoms with E-state index in [0.29, 0.717) is 0 Å². The Morgan fingerprint density at radius 2 is 2.14 bits per heavy atom. The van der Waals surface area contributed by atoms with E-state index in [2.05, 4.69) is 25.2 Å². The molecule has 0 aliphatic rings. The van der Waals surface area contributed by atoms with E-state index >= 15 is 0 Å². The Morgan fingerprint density at radius 3 is 2.86 bits per heavy atom. The van der Waals surface area contributed by atoms with Crippen molar-refractivity contribution in [2.24, 2.45) is 0 Å². The molecule has 1 aromatic rings. The molecule has 78 valence electrons. The summed E-state index contributed by atoms with van der Waals surface area (Å²) in [6, 6.07) is 6.04. The van der Waals surface area contributed by atoms with Gasteiger partial charge in [0, 0.05) is 11.6 Å². The highest BCUT2D eigenvalue weighted by molar-refractivity contribution is 6.30. The van der Waals surface area contributed by atoms with Crippen LogP contribution in [0.25, 0.3) is 0 Å². The largest absolute Gasteiger partial charge is 0.313 e. The number of nitrogens with one attached hydrogen (secondary N) is 1. The van der Waals surface area contributed by atoms with Crippen molar-refractivity contribution in [2.75, 3.05) is 6.54 Å². The first-order valence-electron chi connectivity index (χ1n) is 5.19. The fourth-order valence-electron chi connectivity index (χ4n) is 1.36. The van der Waals surface area contributed by atoms with Crippen LogP contribution >= 0.6 is 11.6 Å². The van der Waals surface area contributed by atoms with Crippen LogP contribution in [0.15, 0.2) is 18.2 Å². The minimum Gasteiger partial charge on any atom is -0.313 e. The quantitative estimate of drug-likeness (QED) is 0.735. The summed E-state index contributed by atoms with van der Waals surface area (Å²) in [5, 5.41) is 4.23. The van der Waals surface area contributed by atoms with Crippen molar-refractivity contribution in [1.29, 1.82) is 0 Å². The highest BCUT2D eigenvalue weighted by atomic mass is 35.5. The maximum absolute atomic E-state index is 5.93. The topological polar surface area (TPSA) is 12.0 Å². The van der Waals surface area contributed by atoms with Crippen LogP contribution in [0.2, 0.25) is 5.02 Å². The van der Waals surface area contributed by atoms with Gasteiger partial charge in [-0.2, -0.15) is 0 Å². The highest BCUT2D eigenvalue weighted by Gasteiger charge is 1.98. The zero-order chi connectivity index (χ0) is 10.4. The van der Waals surface area contributed by atoms with Gasteiger partial charge in [-0.25, -0.2) is 0 Å². The van der Waals surface area contributed by atoms with Crippen LogP contribution in [-0.2, 0) is 6.54 Å². The molecule has 0 bridgehead atoms. The molecule has 0 spiro atoms. The Hall–Kier alpha value is -0.530. The molecule has 2 heteroatoms. The van der Waals surface area contributed by atoms with Gasteiger partial charge in [0.05, 0.1) is 0 Å². The van der Waals surface area contributed by atoms with Crippen LogP contribution in [0.5, 0.6) is 0 Å². The lowest BCUT2D eigenvalue weighted by atomic mass is 10.1. The Labute approximate surface area is 91.5 Å². The SMILES string of the molecule is CCCCNCc1cc(Cl)ccc1C. The van der Waals surface area contributed by atoms with E-state index in [0.717, 1.165) is 18.1 Å². The van der Waals surface area contributed by atoms with Gasteiger partial charge >= 0.3 is 0 Å². The van der Waals surface area contributed by atoms with Crippen molar-refractivity contribution in [3.8, 4) is 0 Å². The van der Waals surface area contributed by atoms with Crippen molar-refractivity contribution in [1.82, 2.24) is 5.32 Å². The van der Waals surface area contributed by atoms with Gasteiger partial charge in [-0.3, -0.25) is 0 Å².